The Morgan fingerprint density at radius 1 is 1.40 bits per heavy atom. The average Bonchev–Trinajstić information content (AvgIpc) is 2.12. The first kappa shape index (κ1) is 15.2. The monoisotopic (exact) mass is 255 g/mol. The van der Waals surface area contributed by atoms with E-state index in [9.17, 15) is 8.42 Å². The molecule has 0 radical (unpaired) electrons. The highest BCUT2D eigenvalue weighted by Crippen LogP contribution is 2.14. The van der Waals surface area contributed by atoms with Gasteiger partial charge in [0.05, 0.1) is 5.75 Å². The summed E-state index contributed by atoms with van der Waals surface area (Å²) in [6, 6.07) is 0. The van der Waals surface area contributed by atoms with Gasteiger partial charge >= 0.3 is 0 Å². The van der Waals surface area contributed by atoms with Crippen molar-refractivity contribution in [2.24, 2.45) is 0 Å². The molecule has 0 saturated heterocycles. The summed E-state index contributed by atoms with van der Waals surface area (Å²) in [6.07, 6.45) is 0.642. The number of alkyl halides is 1. The maximum atomic E-state index is 11.2. The molecule has 0 spiro atoms. The van der Waals surface area contributed by atoms with Gasteiger partial charge in [-0.15, -0.1) is 11.6 Å². The Hall–Kier alpha value is 0.200. The van der Waals surface area contributed by atoms with Crippen molar-refractivity contribution in [3.63, 3.8) is 0 Å². The Bertz CT molecular complexity index is 273. The standard InChI is InChI=1S/C10H22ClNO2S/c1-5-15(13,14)8-6-7-12-10(3,4)9(2)11/h9,12H,5-8H2,1-4H3. The second-order valence-electron chi connectivity index (χ2n) is 4.35. The largest absolute Gasteiger partial charge is 0.310 e. The molecule has 0 rings (SSSR count). The maximum Gasteiger partial charge on any atom is 0.150 e. The summed E-state index contributed by atoms with van der Waals surface area (Å²) in [5, 5.41) is 3.27. The van der Waals surface area contributed by atoms with Gasteiger partial charge in [-0.2, -0.15) is 0 Å². The molecule has 0 saturated carbocycles. The van der Waals surface area contributed by atoms with Crippen LogP contribution in [0.15, 0.2) is 0 Å². The van der Waals surface area contributed by atoms with Crippen LogP contribution in [0.25, 0.3) is 0 Å². The number of rotatable bonds is 7. The smallest absolute Gasteiger partial charge is 0.150 e. The van der Waals surface area contributed by atoms with Gasteiger partial charge in [-0.1, -0.05) is 6.92 Å². The fourth-order valence-electron chi connectivity index (χ4n) is 0.988. The Morgan fingerprint density at radius 2 is 1.93 bits per heavy atom. The van der Waals surface area contributed by atoms with Crippen molar-refractivity contribution in [1.82, 2.24) is 5.32 Å². The van der Waals surface area contributed by atoms with Crippen molar-refractivity contribution >= 4 is 21.4 Å². The summed E-state index contributed by atoms with van der Waals surface area (Å²) in [5.74, 6) is 0.478. The molecule has 0 fully saturated rings. The van der Waals surface area contributed by atoms with Gasteiger partial charge in [0.2, 0.25) is 0 Å². The first-order valence-electron chi connectivity index (χ1n) is 5.31. The first-order chi connectivity index (χ1) is 6.71. The molecule has 0 aliphatic rings. The van der Waals surface area contributed by atoms with E-state index < -0.39 is 9.84 Å². The summed E-state index contributed by atoms with van der Waals surface area (Å²) in [7, 11) is -2.83. The third-order valence-electron chi connectivity index (χ3n) is 2.65. The Morgan fingerprint density at radius 3 is 2.33 bits per heavy atom. The summed E-state index contributed by atoms with van der Waals surface area (Å²) < 4.78 is 22.4. The minimum absolute atomic E-state index is 0.0142. The number of hydrogen-bond acceptors (Lipinski definition) is 3. The summed E-state index contributed by atoms with van der Waals surface area (Å²) in [5.41, 5.74) is -0.155. The van der Waals surface area contributed by atoms with Gasteiger partial charge in [-0.25, -0.2) is 8.42 Å². The molecular weight excluding hydrogens is 234 g/mol. The van der Waals surface area contributed by atoms with Gasteiger partial charge in [0, 0.05) is 16.7 Å². The molecule has 0 aliphatic carbocycles. The number of sulfone groups is 1. The van der Waals surface area contributed by atoms with Gasteiger partial charge in [-0.3, -0.25) is 0 Å². The van der Waals surface area contributed by atoms with E-state index in [-0.39, 0.29) is 22.4 Å². The minimum atomic E-state index is -2.83. The Balaban J connectivity index is 3.82. The van der Waals surface area contributed by atoms with E-state index in [0.717, 1.165) is 0 Å². The molecule has 0 aromatic heterocycles. The van der Waals surface area contributed by atoms with Crippen LogP contribution in [0.5, 0.6) is 0 Å². The van der Waals surface area contributed by atoms with Crippen LogP contribution in [-0.4, -0.2) is 37.4 Å². The van der Waals surface area contributed by atoms with Gasteiger partial charge in [0.1, 0.15) is 9.84 Å². The molecule has 92 valence electrons. The summed E-state index contributed by atoms with van der Waals surface area (Å²) in [4.78, 5) is 0. The SMILES string of the molecule is CCS(=O)(=O)CCCNC(C)(C)C(C)Cl. The van der Waals surface area contributed by atoms with Crippen LogP contribution in [0.4, 0.5) is 0 Å². The molecular formula is C10H22ClNO2S. The zero-order valence-electron chi connectivity index (χ0n) is 10.0. The van der Waals surface area contributed by atoms with E-state index in [0.29, 0.717) is 13.0 Å². The van der Waals surface area contributed by atoms with Gasteiger partial charge in [-0.05, 0) is 33.7 Å². The lowest BCUT2D eigenvalue weighted by molar-refractivity contribution is 0.383. The summed E-state index contributed by atoms with van der Waals surface area (Å²) >= 11 is 5.98. The fraction of sp³-hybridized carbons (Fsp3) is 1.00. The van der Waals surface area contributed by atoms with Gasteiger partial charge < -0.3 is 5.32 Å². The molecule has 5 heteroatoms. The molecule has 0 amide bonds. The fourth-order valence-corrected chi connectivity index (χ4v) is 1.94. The van der Waals surface area contributed by atoms with Crippen molar-refractivity contribution in [3.05, 3.63) is 0 Å². The molecule has 3 nitrogen and oxygen atoms in total. The maximum absolute atomic E-state index is 11.2. The predicted molar refractivity (Wildman–Crippen MR) is 66.3 cm³/mol. The average molecular weight is 256 g/mol. The molecule has 0 aromatic rings. The number of hydrogen-bond donors (Lipinski definition) is 1. The first-order valence-corrected chi connectivity index (χ1v) is 7.56. The topological polar surface area (TPSA) is 46.2 Å². The molecule has 1 unspecified atom stereocenters. The highest BCUT2D eigenvalue weighted by molar-refractivity contribution is 7.91. The van der Waals surface area contributed by atoms with Gasteiger partial charge in [0.15, 0.2) is 0 Å². The highest BCUT2D eigenvalue weighted by Gasteiger charge is 2.22. The van der Waals surface area contributed by atoms with Crippen LogP contribution in [0, 0.1) is 0 Å². The lowest BCUT2D eigenvalue weighted by Crippen LogP contribution is -2.46. The van der Waals surface area contributed by atoms with E-state index in [2.05, 4.69) is 5.32 Å². The van der Waals surface area contributed by atoms with Crippen molar-refractivity contribution in [2.45, 2.75) is 45.0 Å². The van der Waals surface area contributed by atoms with Crippen LogP contribution in [-0.2, 0) is 9.84 Å². The lowest BCUT2D eigenvalue weighted by atomic mass is 10.0. The lowest BCUT2D eigenvalue weighted by Gasteiger charge is -2.29. The number of nitrogens with one attached hydrogen (secondary N) is 1. The number of halogens is 1. The molecule has 15 heavy (non-hydrogen) atoms. The third-order valence-corrected chi connectivity index (χ3v) is 4.98. The van der Waals surface area contributed by atoms with E-state index in [1.54, 1.807) is 6.92 Å². The van der Waals surface area contributed by atoms with Crippen LogP contribution in [0.3, 0.4) is 0 Å². The van der Waals surface area contributed by atoms with Crippen molar-refractivity contribution in [3.8, 4) is 0 Å². The van der Waals surface area contributed by atoms with Crippen molar-refractivity contribution < 1.29 is 8.42 Å². The van der Waals surface area contributed by atoms with Gasteiger partial charge in [0.25, 0.3) is 0 Å². The van der Waals surface area contributed by atoms with E-state index in [1.807, 2.05) is 20.8 Å². The summed E-state index contributed by atoms with van der Waals surface area (Å²) in [6.45, 7) is 8.31. The predicted octanol–water partition coefficient (Wildman–Crippen LogP) is 1.81. The van der Waals surface area contributed by atoms with Crippen molar-refractivity contribution in [1.29, 1.82) is 0 Å². The molecule has 1 N–H and O–H groups in total. The normalized spacial score (nSPS) is 15.3. The van der Waals surface area contributed by atoms with Crippen LogP contribution in [0.2, 0.25) is 0 Å². The minimum Gasteiger partial charge on any atom is -0.310 e. The Labute approximate surface area is 98.5 Å². The molecule has 0 bridgehead atoms. The second kappa shape index (κ2) is 6.06. The van der Waals surface area contributed by atoms with E-state index >= 15 is 0 Å². The quantitative estimate of drug-likeness (QED) is 0.558. The zero-order chi connectivity index (χ0) is 12.1. The van der Waals surface area contributed by atoms with Crippen LogP contribution < -0.4 is 5.32 Å². The Kier molecular flexibility index (Phi) is 6.14. The van der Waals surface area contributed by atoms with Crippen molar-refractivity contribution in [2.75, 3.05) is 18.1 Å². The van der Waals surface area contributed by atoms with E-state index in [1.165, 1.54) is 0 Å². The van der Waals surface area contributed by atoms with Crippen LogP contribution in [0.1, 0.15) is 34.1 Å². The molecule has 0 aromatic carbocycles. The van der Waals surface area contributed by atoms with E-state index in [4.69, 9.17) is 11.6 Å². The zero-order valence-corrected chi connectivity index (χ0v) is 11.6. The molecule has 1 atom stereocenters. The molecule has 0 heterocycles. The molecule has 0 aliphatic heterocycles. The second-order valence-corrected chi connectivity index (χ2v) is 7.48. The van der Waals surface area contributed by atoms with Crippen LogP contribution >= 0.6 is 11.6 Å². The third kappa shape index (κ3) is 6.38. The highest BCUT2D eigenvalue weighted by atomic mass is 35.5.